The van der Waals surface area contributed by atoms with Crippen molar-refractivity contribution >= 4 is 21.6 Å². The molecule has 1 aliphatic rings. The molecule has 29 heavy (non-hydrogen) atoms. The smallest absolute Gasteiger partial charge is 0.416 e. The second-order valence-corrected chi connectivity index (χ2v) is 7.65. The van der Waals surface area contributed by atoms with Crippen LogP contribution in [0.25, 0.3) is 11.5 Å². The maximum absolute atomic E-state index is 12.9. The van der Waals surface area contributed by atoms with E-state index in [0.717, 1.165) is 16.1 Å². The third kappa shape index (κ3) is 4.62. The van der Waals surface area contributed by atoms with Gasteiger partial charge in [0.15, 0.2) is 0 Å². The molecule has 9 heteroatoms. The van der Waals surface area contributed by atoms with Crippen molar-refractivity contribution in [1.29, 1.82) is 0 Å². The predicted octanol–water partition coefficient (Wildman–Crippen LogP) is 4.84. The Morgan fingerprint density at radius 3 is 2.45 bits per heavy atom. The van der Waals surface area contributed by atoms with Crippen molar-refractivity contribution < 1.29 is 17.6 Å². The molecule has 0 saturated carbocycles. The summed E-state index contributed by atoms with van der Waals surface area (Å²) in [6.07, 6.45) is -4.33. The van der Waals surface area contributed by atoms with Gasteiger partial charge in [0.05, 0.1) is 17.7 Å². The Kier molecular flexibility index (Phi) is 5.60. The highest BCUT2D eigenvalue weighted by Gasteiger charge is 2.31. The molecule has 0 bridgehead atoms. The van der Waals surface area contributed by atoms with E-state index in [1.165, 1.54) is 12.1 Å². The number of hydrogen-bond donors (Lipinski definition) is 0. The minimum atomic E-state index is -4.33. The van der Waals surface area contributed by atoms with E-state index >= 15 is 0 Å². The fourth-order valence-electron chi connectivity index (χ4n) is 3.30. The summed E-state index contributed by atoms with van der Waals surface area (Å²) in [5, 5.41) is 8.24. The van der Waals surface area contributed by atoms with Crippen LogP contribution in [0.4, 0.5) is 18.9 Å². The summed E-state index contributed by atoms with van der Waals surface area (Å²) in [4.78, 5) is 4.12. The molecule has 0 aliphatic carbocycles. The molecule has 0 radical (unpaired) electrons. The number of nitrogens with zero attached hydrogens (tertiary/aromatic N) is 4. The average molecular weight is 467 g/mol. The Morgan fingerprint density at radius 1 is 0.966 bits per heavy atom. The highest BCUT2D eigenvalue weighted by atomic mass is 79.9. The molecule has 5 nitrogen and oxygen atoms in total. The highest BCUT2D eigenvalue weighted by molar-refractivity contribution is 9.10. The fraction of sp³-hybridized carbons (Fsp3) is 0.300. The van der Waals surface area contributed by atoms with Gasteiger partial charge in [-0.15, -0.1) is 10.2 Å². The SMILES string of the molecule is FC(F)(F)c1cccc(N2CCN(Cc3nnc(-c4ccccc4Br)o3)CC2)c1. The molecule has 0 atom stereocenters. The first-order valence-electron chi connectivity index (χ1n) is 9.12. The lowest BCUT2D eigenvalue weighted by atomic mass is 10.1. The Labute approximate surface area is 174 Å². The van der Waals surface area contributed by atoms with Crippen LogP contribution in [0.2, 0.25) is 0 Å². The molecule has 2 aromatic carbocycles. The summed E-state index contributed by atoms with van der Waals surface area (Å²) in [6, 6.07) is 13.1. The number of rotatable bonds is 4. The van der Waals surface area contributed by atoms with E-state index in [2.05, 4.69) is 31.0 Å². The number of hydrogen-bond acceptors (Lipinski definition) is 5. The zero-order valence-electron chi connectivity index (χ0n) is 15.4. The van der Waals surface area contributed by atoms with Crippen LogP contribution in [0.15, 0.2) is 57.4 Å². The van der Waals surface area contributed by atoms with Gasteiger partial charge in [0, 0.05) is 36.3 Å². The molecule has 0 unspecified atom stereocenters. The van der Waals surface area contributed by atoms with E-state index < -0.39 is 11.7 Å². The zero-order chi connectivity index (χ0) is 20.4. The van der Waals surface area contributed by atoms with Gasteiger partial charge < -0.3 is 9.32 Å². The van der Waals surface area contributed by atoms with Crippen molar-refractivity contribution in [2.45, 2.75) is 12.7 Å². The van der Waals surface area contributed by atoms with Crippen LogP contribution in [-0.4, -0.2) is 41.3 Å². The molecule has 1 aliphatic heterocycles. The average Bonchev–Trinajstić information content (AvgIpc) is 3.16. The van der Waals surface area contributed by atoms with Gasteiger partial charge in [-0.1, -0.05) is 18.2 Å². The zero-order valence-corrected chi connectivity index (χ0v) is 16.9. The molecule has 0 amide bonds. The number of piperazine rings is 1. The van der Waals surface area contributed by atoms with Crippen LogP contribution >= 0.6 is 15.9 Å². The number of benzene rings is 2. The monoisotopic (exact) mass is 466 g/mol. The molecular formula is C20H18BrF3N4O. The molecule has 3 aromatic rings. The van der Waals surface area contributed by atoms with Gasteiger partial charge >= 0.3 is 6.18 Å². The van der Waals surface area contributed by atoms with E-state index in [9.17, 15) is 13.2 Å². The Morgan fingerprint density at radius 2 is 1.72 bits per heavy atom. The van der Waals surface area contributed by atoms with Crippen LogP contribution in [0.1, 0.15) is 11.5 Å². The Balaban J connectivity index is 1.37. The molecule has 1 saturated heterocycles. The summed E-state index contributed by atoms with van der Waals surface area (Å²) in [5.41, 5.74) is 0.803. The quantitative estimate of drug-likeness (QED) is 0.550. The van der Waals surface area contributed by atoms with Crippen molar-refractivity contribution in [1.82, 2.24) is 15.1 Å². The van der Waals surface area contributed by atoms with Crippen molar-refractivity contribution in [2.75, 3.05) is 31.1 Å². The van der Waals surface area contributed by atoms with E-state index in [4.69, 9.17) is 4.42 Å². The van der Waals surface area contributed by atoms with Gasteiger partial charge in [-0.2, -0.15) is 13.2 Å². The lowest BCUT2D eigenvalue weighted by Crippen LogP contribution is -2.46. The van der Waals surface area contributed by atoms with Crippen LogP contribution in [-0.2, 0) is 12.7 Å². The molecule has 1 fully saturated rings. The van der Waals surface area contributed by atoms with Crippen molar-refractivity contribution in [2.24, 2.45) is 0 Å². The summed E-state index contributed by atoms with van der Waals surface area (Å²) >= 11 is 3.47. The second-order valence-electron chi connectivity index (χ2n) is 6.79. The van der Waals surface area contributed by atoms with Gasteiger partial charge in [-0.3, -0.25) is 4.90 Å². The van der Waals surface area contributed by atoms with Crippen LogP contribution in [0, 0.1) is 0 Å². The topological polar surface area (TPSA) is 45.4 Å². The maximum Gasteiger partial charge on any atom is 0.416 e. The largest absolute Gasteiger partial charge is 0.419 e. The fourth-order valence-corrected chi connectivity index (χ4v) is 3.75. The third-order valence-electron chi connectivity index (χ3n) is 4.84. The van der Waals surface area contributed by atoms with Crippen molar-refractivity contribution in [3.05, 3.63) is 64.5 Å². The highest BCUT2D eigenvalue weighted by Crippen LogP contribution is 2.32. The normalized spacial score (nSPS) is 15.7. The van der Waals surface area contributed by atoms with Gasteiger partial charge in [-0.05, 0) is 46.3 Å². The summed E-state index contributed by atoms with van der Waals surface area (Å²) in [6.45, 7) is 3.17. The molecule has 0 N–H and O–H groups in total. The minimum absolute atomic E-state index is 0.454. The van der Waals surface area contributed by atoms with Crippen molar-refractivity contribution in [3.8, 4) is 11.5 Å². The molecule has 4 rings (SSSR count). The van der Waals surface area contributed by atoms with Gasteiger partial charge in [0.1, 0.15) is 0 Å². The standard InChI is InChI=1S/C20H18BrF3N4O/c21-17-7-2-1-6-16(17)19-26-25-18(29-19)13-27-8-10-28(11-9-27)15-5-3-4-14(12-15)20(22,23)24/h1-7,12H,8-11,13H2. The number of halogens is 4. The number of aromatic nitrogens is 2. The van der Waals surface area contributed by atoms with Crippen LogP contribution < -0.4 is 4.90 Å². The Hall–Kier alpha value is -2.39. The van der Waals surface area contributed by atoms with E-state index in [1.807, 2.05) is 29.2 Å². The molecule has 0 spiro atoms. The predicted molar refractivity (Wildman–Crippen MR) is 106 cm³/mol. The molecule has 1 aromatic heterocycles. The van der Waals surface area contributed by atoms with Gasteiger partial charge in [0.25, 0.3) is 0 Å². The number of anilines is 1. The Bertz CT molecular complexity index is 984. The molecule has 2 heterocycles. The number of alkyl halides is 3. The summed E-state index contributed by atoms with van der Waals surface area (Å²) in [5.74, 6) is 0.971. The lowest BCUT2D eigenvalue weighted by Gasteiger charge is -2.35. The third-order valence-corrected chi connectivity index (χ3v) is 5.53. The lowest BCUT2D eigenvalue weighted by molar-refractivity contribution is -0.137. The van der Waals surface area contributed by atoms with Gasteiger partial charge in [-0.25, -0.2) is 0 Å². The van der Waals surface area contributed by atoms with Crippen molar-refractivity contribution in [3.63, 3.8) is 0 Å². The maximum atomic E-state index is 12.9. The van der Waals surface area contributed by atoms with E-state index in [-0.39, 0.29) is 0 Å². The van der Waals surface area contributed by atoms with Crippen LogP contribution in [0.3, 0.4) is 0 Å². The first kappa shape index (κ1) is 19.9. The van der Waals surface area contributed by atoms with Gasteiger partial charge in [0.2, 0.25) is 11.8 Å². The summed E-state index contributed by atoms with van der Waals surface area (Å²) in [7, 11) is 0. The van der Waals surface area contributed by atoms with E-state index in [0.29, 0.717) is 50.2 Å². The molecule has 152 valence electrons. The van der Waals surface area contributed by atoms with Crippen LogP contribution in [0.5, 0.6) is 0 Å². The first-order valence-corrected chi connectivity index (χ1v) is 9.91. The first-order chi connectivity index (χ1) is 13.9. The van der Waals surface area contributed by atoms with E-state index in [1.54, 1.807) is 6.07 Å². The minimum Gasteiger partial charge on any atom is -0.419 e. The summed E-state index contributed by atoms with van der Waals surface area (Å²) < 4.78 is 45.5. The molecular weight excluding hydrogens is 449 g/mol. The second kappa shape index (κ2) is 8.16.